The molecule has 108 valence electrons. The Hall–Kier alpha value is -1.97. The molecule has 0 bridgehead atoms. The third-order valence-corrected chi connectivity index (χ3v) is 3.26. The van der Waals surface area contributed by atoms with Crippen LogP contribution in [-0.4, -0.2) is 17.6 Å². The first kappa shape index (κ1) is 16.1. The van der Waals surface area contributed by atoms with E-state index >= 15 is 0 Å². The van der Waals surface area contributed by atoms with Crippen LogP contribution in [0.5, 0.6) is 0 Å². The monoisotopic (exact) mass is 275 g/mol. The lowest BCUT2D eigenvalue weighted by atomic mass is 9.93. The lowest BCUT2D eigenvalue weighted by Crippen LogP contribution is -2.38. The van der Waals surface area contributed by atoms with E-state index in [4.69, 9.17) is 0 Å². The Morgan fingerprint density at radius 1 is 1.40 bits per heavy atom. The Bertz CT molecular complexity index is 458. The van der Waals surface area contributed by atoms with Crippen molar-refractivity contribution in [2.45, 2.75) is 33.1 Å². The van der Waals surface area contributed by atoms with Crippen molar-refractivity contribution in [1.82, 2.24) is 5.32 Å². The number of ketones is 1. The van der Waals surface area contributed by atoms with Gasteiger partial charge in [-0.25, -0.2) is 0 Å². The summed E-state index contributed by atoms with van der Waals surface area (Å²) in [6.45, 7) is 7.37. The maximum atomic E-state index is 11.9. The minimum Gasteiger partial charge on any atom is -0.296 e. The lowest BCUT2D eigenvalue weighted by molar-refractivity contribution is -0.134. The first-order valence-electron chi connectivity index (χ1n) is 6.76. The van der Waals surface area contributed by atoms with E-state index in [1.165, 1.54) is 6.08 Å². The van der Waals surface area contributed by atoms with Crippen LogP contribution in [0.4, 0.5) is 0 Å². The van der Waals surface area contributed by atoms with Gasteiger partial charge < -0.3 is 0 Å². The lowest BCUT2D eigenvalue weighted by Gasteiger charge is -2.19. The van der Waals surface area contributed by atoms with E-state index in [-0.39, 0.29) is 29.4 Å². The van der Waals surface area contributed by atoms with E-state index in [0.29, 0.717) is 19.3 Å². The zero-order valence-corrected chi connectivity index (χ0v) is 12.0. The zero-order valence-electron chi connectivity index (χ0n) is 12.0. The van der Waals surface area contributed by atoms with Gasteiger partial charge in [-0.05, 0) is 25.3 Å². The average molecular weight is 275 g/mol. The number of hydrogen-bond donors (Lipinski definition) is 1. The summed E-state index contributed by atoms with van der Waals surface area (Å²) in [5, 5.41) is 2.27. The highest BCUT2D eigenvalue weighted by molar-refractivity contribution is 5.97. The summed E-state index contributed by atoms with van der Waals surface area (Å²) in [5.41, 5.74) is 0.966. The van der Waals surface area contributed by atoms with Crippen molar-refractivity contribution in [1.29, 1.82) is 0 Å². The number of piperidine rings is 1. The van der Waals surface area contributed by atoms with Crippen molar-refractivity contribution in [3.63, 3.8) is 0 Å². The molecule has 1 heterocycles. The molecule has 0 spiro atoms. The molecule has 1 aliphatic heterocycles. The highest BCUT2D eigenvalue weighted by atomic mass is 16.2. The predicted octanol–water partition coefficient (Wildman–Crippen LogP) is 2.32. The van der Waals surface area contributed by atoms with Gasteiger partial charge in [-0.2, -0.15) is 0 Å². The van der Waals surface area contributed by atoms with Crippen LogP contribution in [0.1, 0.15) is 33.1 Å². The van der Waals surface area contributed by atoms with Gasteiger partial charge in [0.2, 0.25) is 11.8 Å². The average Bonchev–Trinajstić information content (AvgIpc) is 2.37. The molecule has 1 atom stereocenters. The van der Waals surface area contributed by atoms with E-state index in [0.717, 1.165) is 5.57 Å². The molecule has 20 heavy (non-hydrogen) atoms. The van der Waals surface area contributed by atoms with E-state index in [9.17, 15) is 14.4 Å². The second-order valence-electron chi connectivity index (χ2n) is 5.19. The molecule has 4 heteroatoms. The molecule has 1 N–H and O–H groups in total. The number of allylic oxidation sites excluding steroid dienone is 5. The summed E-state index contributed by atoms with van der Waals surface area (Å²) in [6, 6.07) is 0. The van der Waals surface area contributed by atoms with Gasteiger partial charge in [-0.3, -0.25) is 19.7 Å². The molecule has 0 aliphatic carbocycles. The van der Waals surface area contributed by atoms with Crippen molar-refractivity contribution in [3.05, 3.63) is 36.5 Å². The second kappa shape index (κ2) is 7.58. The maximum absolute atomic E-state index is 11.9. The van der Waals surface area contributed by atoms with Gasteiger partial charge in [0.05, 0.1) is 0 Å². The molecule has 0 aromatic rings. The van der Waals surface area contributed by atoms with Crippen LogP contribution in [0.25, 0.3) is 0 Å². The molecule has 1 aliphatic rings. The van der Waals surface area contributed by atoms with Gasteiger partial charge in [-0.1, -0.05) is 37.3 Å². The smallest absolute Gasteiger partial charge is 0.226 e. The maximum Gasteiger partial charge on any atom is 0.226 e. The summed E-state index contributed by atoms with van der Waals surface area (Å²) in [4.78, 5) is 34.3. The first-order valence-corrected chi connectivity index (χ1v) is 6.76. The third kappa shape index (κ3) is 5.34. The molecule has 0 unspecified atom stereocenters. The summed E-state index contributed by atoms with van der Waals surface area (Å²) in [7, 11) is 0. The van der Waals surface area contributed by atoms with Crippen molar-refractivity contribution in [2.75, 3.05) is 0 Å². The van der Waals surface area contributed by atoms with Crippen LogP contribution in [0.2, 0.25) is 0 Å². The quantitative estimate of drug-likeness (QED) is 0.459. The summed E-state index contributed by atoms with van der Waals surface area (Å²) in [5.74, 6) is -0.646. The number of rotatable bonds is 6. The van der Waals surface area contributed by atoms with Crippen LogP contribution in [-0.2, 0) is 14.4 Å². The van der Waals surface area contributed by atoms with Gasteiger partial charge in [-0.15, -0.1) is 0 Å². The topological polar surface area (TPSA) is 63.2 Å². The summed E-state index contributed by atoms with van der Waals surface area (Å²) >= 11 is 0. The molecule has 0 aromatic carbocycles. The highest BCUT2D eigenvalue weighted by Crippen LogP contribution is 2.18. The van der Waals surface area contributed by atoms with E-state index in [1.807, 2.05) is 19.9 Å². The van der Waals surface area contributed by atoms with Crippen molar-refractivity contribution in [2.24, 2.45) is 11.8 Å². The number of nitrogens with one attached hydrogen (secondary N) is 1. The number of hydrogen-bond acceptors (Lipinski definition) is 3. The fourth-order valence-electron chi connectivity index (χ4n) is 2.09. The highest BCUT2D eigenvalue weighted by Gasteiger charge is 2.23. The van der Waals surface area contributed by atoms with E-state index in [1.54, 1.807) is 12.2 Å². The van der Waals surface area contributed by atoms with E-state index < -0.39 is 0 Å². The Labute approximate surface area is 119 Å². The molecule has 0 radical (unpaired) electrons. The Morgan fingerprint density at radius 2 is 2.00 bits per heavy atom. The van der Waals surface area contributed by atoms with Crippen LogP contribution in [0.15, 0.2) is 36.5 Å². The minimum absolute atomic E-state index is 0.000981. The number of carbonyl (C=O) groups excluding carboxylic acids is 3. The summed E-state index contributed by atoms with van der Waals surface area (Å²) < 4.78 is 0. The molecule has 1 fully saturated rings. The molecule has 1 rings (SSSR count). The molecular formula is C16H21NO3. The minimum atomic E-state index is -0.233. The zero-order chi connectivity index (χ0) is 15.1. The van der Waals surface area contributed by atoms with Gasteiger partial charge >= 0.3 is 0 Å². The fraction of sp³-hybridized carbons (Fsp3) is 0.438. The Morgan fingerprint density at radius 3 is 2.55 bits per heavy atom. The second-order valence-corrected chi connectivity index (χ2v) is 5.19. The Balaban J connectivity index is 2.48. The molecule has 1 saturated heterocycles. The predicted molar refractivity (Wildman–Crippen MR) is 77.8 cm³/mol. The molecule has 4 nitrogen and oxygen atoms in total. The normalized spacial score (nSPS) is 19.0. The van der Waals surface area contributed by atoms with Crippen LogP contribution in [0, 0.1) is 11.8 Å². The Kier molecular flexibility index (Phi) is 6.10. The standard InChI is InChI=1S/C16H21NO3/c1-4-11(2)8-12(3)14(18)7-5-6-13-9-15(19)17-16(20)10-13/h4-5,7-8,12-13H,1,6,9-10H2,2-3H3,(H,17,19,20)/b7-5+,11-8-/t12-/m1/s1. The van der Waals surface area contributed by atoms with Crippen molar-refractivity contribution in [3.8, 4) is 0 Å². The summed E-state index contributed by atoms with van der Waals surface area (Å²) in [6.07, 6.45) is 8.12. The van der Waals surface area contributed by atoms with Crippen LogP contribution >= 0.6 is 0 Å². The number of imide groups is 1. The molecule has 0 aromatic heterocycles. The first-order chi connectivity index (χ1) is 9.42. The largest absolute Gasteiger partial charge is 0.296 e. The van der Waals surface area contributed by atoms with Gasteiger partial charge in [0.1, 0.15) is 0 Å². The van der Waals surface area contributed by atoms with Crippen LogP contribution < -0.4 is 5.32 Å². The molecule has 2 amide bonds. The number of carbonyl (C=O) groups is 3. The van der Waals surface area contributed by atoms with Crippen LogP contribution in [0.3, 0.4) is 0 Å². The van der Waals surface area contributed by atoms with Gasteiger partial charge in [0.25, 0.3) is 0 Å². The SMILES string of the molecule is C=C/C(C)=C\[C@@H](C)C(=O)/C=C/CC1CC(=O)NC(=O)C1. The molecular weight excluding hydrogens is 254 g/mol. The van der Waals surface area contributed by atoms with Gasteiger partial charge in [0.15, 0.2) is 5.78 Å². The van der Waals surface area contributed by atoms with Gasteiger partial charge in [0, 0.05) is 18.8 Å². The third-order valence-electron chi connectivity index (χ3n) is 3.26. The molecule has 0 saturated carbocycles. The number of amides is 2. The fourth-order valence-corrected chi connectivity index (χ4v) is 2.09. The van der Waals surface area contributed by atoms with Crippen molar-refractivity contribution < 1.29 is 14.4 Å². The van der Waals surface area contributed by atoms with Crippen molar-refractivity contribution >= 4 is 17.6 Å². The van der Waals surface area contributed by atoms with E-state index in [2.05, 4.69) is 11.9 Å².